The summed E-state index contributed by atoms with van der Waals surface area (Å²) in [6, 6.07) is 17.0. The highest BCUT2D eigenvalue weighted by molar-refractivity contribution is 6.29. The predicted octanol–water partition coefficient (Wildman–Crippen LogP) is 4.49. The van der Waals surface area contributed by atoms with E-state index in [1.165, 1.54) is 6.20 Å². The number of H-pyrrole nitrogens is 1. The number of pyridine rings is 3. The van der Waals surface area contributed by atoms with Crippen molar-refractivity contribution in [3.63, 3.8) is 0 Å². The van der Waals surface area contributed by atoms with Gasteiger partial charge in [0.2, 0.25) is 5.43 Å². The maximum absolute atomic E-state index is 12.6. The van der Waals surface area contributed by atoms with Gasteiger partial charge in [0, 0.05) is 23.0 Å². The molecule has 27 heavy (non-hydrogen) atoms. The van der Waals surface area contributed by atoms with E-state index in [-0.39, 0.29) is 11.0 Å². The van der Waals surface area contributed by atoms with Crippen molar-refractivity contribution in [3.8, 4) is 28.5 Å². The van der Waals surface area contributed by atoms with Crippen LogP contribution in [-0.2, 0) is 0 Å². The summed E-state index contributed by atoms with van der Waals surface area (Å²) in [6.45, 7) is 1.85. The number of benzene rings is 1. The zero-order valence-electron chi connectivity index (χ0n) is 14.3. The third kappa shape index (κ3) is 3.07. The van der Waals surface area contributed by atoms with Crippen molar-refractivity contribution in [3.05, 3.63) is 81.4 Å². The lowest BCUT2D eigenvalue weighted by molar-refractivity contribution is 1.20. The van der Waals surface area contributed by atoms with Gasteiger partial charge in [-0.15, -0.1) is 0 Å². The highest BCUT2D eigenvalue weighted by Gasteiger charge is 2.15. The number of fused-ring (bicyclic) bond motifs is 1. The Morgan fingerprint density at radius 3 is 2.56 bits per heavy atom. The lowest BCUT2D eigenvalue weighted by Crippen LogP contribution is -2.09. The van der Waals surface area contributed by atoms with Crippen LogP contribution in [0, 0.1) is 18.3 Å². The molecule has 4 rings (SSSR count). The minimum absolute atomic E-state index is 0.0478. The van der Waals surface area contributed by atoms with Gasteiger partial charge in [0.1, 0.15) is 22.4 Å². The second-order valence-corrected chi connectivity index (χ2v) is 6.50. The van der Waals surface area contributed by atoms with Gasteiger partial charge in [-0.3, -0.25) is 4.79 Å². The van der Waals surface area contributed by atoms with Crippen molar-refractivity contribution < 1.29 is 0 Å². The van der Waals surface area contributed by atoms with Crippen LogP contribution in [0.5, 0.6) is 0 Å². The van der Waals surface area contributed by atoms with E-state index in [0.717, 1.165) is 22.4 Å². The van der Waals surface area contributed by atoms with Gasteiger partial charge < -0.3 is 4.98 Å². The Bertz CT molecular complexity index is 1250. The van der Waals surface area contributed by atoms with E-state index < -0.39 is 0 Å². The fourth-order valence-electron chi connectivity index (χ4n) is 3.05. The zero-order chi connectivity index (χ0) is 19.0. The third-order valence-corrected chi connectivity index (χ3v) is 4.46. The van der Waals surface area contributed by atoms with Gasteiger partial charge in [-0.25, -0.2) is 9.97 Å². The van der Waals surface area contributed by atoms with Crippen molar-refractivity contribution in [1.82, 2.24) is 15.0 Å². The minimum atomic E-state index is -0.350. The number of aromatic nitrogens is 3. The van der Waals surface area contributed by atoms with Gasteiger partial charge in [0.05, 0.1) is 11.1 Å². The molecule has 0 amide bonds. The zero-order valence-corrected chi connectivity index (χ0v) is 15.1. The molecule has 5 nitrogen and oxygen atoms in total. The first-order valence-electron chi connectivity index (χ1n) is 8.23. The smallest absolute Gasteiger partial charge is 0.208 e. The van der Waals surface area contributed by atoms with Gasteiger partial charge in [-0.1, -0.05) is 41.9 Å². The lowest BCUT2D eigenvalue weighted by Gasteiger charge is -2.12. The second-order valence-electron chi connectivity index (χ2n) is 6.11. The summed E-state index contributed by atoms with van der Waals surface area (Å²) in [6.07, 6.45) is 1.39. The molecule has 0 aliphatic carbocycles. The van der Waals surface area contributed by atoms with Crippen molar-refractivity contribution in [2.45, 2.75) is 6.92 Å². The van der Waals surface area contributed by atoms with Crippen molar-refractivity contribution in [1.29, 1.82) is 5.26 Å². The van der Waals surface area contributed by atoms with Gasteiger partial charge in [0.15, 0.2) is 0 Å². The summed E-state index contributed by atoms with van der Waals surface area (Å²) < 4.78 is 0. The van der Waals surface area contributed by atoms with Crippen molar-refractivity contribution in [2.75, 3.05) is 0 Å². The van der Waals surface area contributed by atoms with E-state index >= 15 is 0 Å². The first-order chi connectivity index (χ1) is 13.1. The van der Waals surface area contributed by atoms with Gasteiger partial charge >= 0.3 is 0 Å². The average molecular weight is 373 g/mol. The molecule has 0 radical (unpaired) electrons. The highest BCUT2D eigenvalue weighted by atomic mass is 35.5. The normalized spacial score (nSPS) is 10.7. The number of hydrogen-bond donors (Lipinski definition) is 1. The standard InChI is InChI=1S/C21H13ClN4O/c1-12-7-14(8-18(22)25-12)16-9-17-20(27)15(10-23)11-24-21(17)26-19(16)13-5-3-2-4-6-13/h2-9,11H,1H3,(H,24,26,27). The third-order valence-electron chi connectivity index (χ3n) is 4.27. The number of aryl methyl sites for hydroxylation is 1. The van der Waals surface area contributed by atoms with Crippen LogP contribution in [0.25, 0.3) is 33.4 Å². The summed E-state index contributed by atoms with van der Waals surface area (Å²) in [5, 5.41) is 9.87. The number of nitrogens with one attached hydrogen (secondary N) is 1. The molecule has 0 saturated heterocycles. The number of halogens is 1. The number of nitrogens with zero attached hydrogens (tertiary/aromatic N) is 3. The summed E-state index contributed by atoms with van der Waals surface area (Å²) in [4.78, 5) is 24.4. The van der Waals surface area contributed by atoms with Gasteiger partial charge in [0.25, 0.3) is 0 Å². The van der Waals surface area contributed by atoms with Crippen LogP contribution in [0.1, 0.15) is 11.3 Å². The van der Waals surface area contributed by atoms with Crippen LogP contribution in [0.4, 0.5) is 0 Å². The fourth-order valence-corrected chi connectivity index (χ4v) is 3.30. The molecule has 0 aliphatic rings. The summed E-state index contributed by atoms with van der Waals surface area (Å²) in [5.41, 5.74) is 4.07. The monoisotopic (exact) mass is 372 g/mol. The summed E-state index contributed by atoms with van der Waals surface area (Å²) >= 11 is 6.15. The first kappa shape index (κ1) is 17.0. The van der Waals surface area contributed by atoms with E-state index in [1.54, 1.807) is 12.1 Å². The molecule has 3 heterocycles. The lowest BCUT2D eigenvalue weighted by atomic mass is 9.98. The molecular formula is C21H13ClN4O. The van der Waals surface area contributed by atoms with Crippen LogP contribution in [0.15, 0.2) is 59.5 Å². The van der Waals surface area contributed by atoms with Crippen LogP contribution in [-0.4, -0.2) is 15.0 Å². The van der Waals surface area contributed by atoms with Crippen molar-refractivity contribution in [2.24, 2.45) is 0 Å². The Labute approximate surface area is 159 Å². The molecule has 0 saturated carbocycles. The molecule has 1 aromatic carbocycles. The molecule has 4 aromatic rings. The Morgan fingerprint density at radius 1 is 1.07 bits per heavy atom. The average Bonchev–Trinajstić information content (AvgIpc) is 2.67. The second kappa shape index (κ2) is 6.67. The Kier molecular flexibility index (Phi) is 4.19. The van der Waals surface area contributed by atoms with E-state index in [9.17, 15) is 4.79 Å². The molecule has 0 spiro atoms. The first-order valence-corrected chi connectivity index (χ1v) is 8.61. The molecule has 0 aliphatic heterocycles. The molecule has 0 fully saturated rings. The molecule has 0 bridgehead atoms. The number of nitriles is 1. The van der Waals surface area contributed by atoms with Crippen molar-refractivity contribution >= 4 is 22.6 Å². The Balaban J connectivity index is 2.11. The van der Waals surface area contributed by atoms with E-state index in [4.69, 9.17) is 16.9 Å². The molecular weight excluding hydrogens is 360 g/mol. The SMILES string of the molecule is Cc1cc(-c2cc3c(=O)c(C#N)c[nH]c3nc2-c2ccccc2)cc(Cl)n1. The number of aromatic amines is 1. The quantitative estimate of drug-likeness (QED) is 0.526. The Hall–Kier alpha value is -3.49. The summed E-state index contributed by atoms with van der Waals surface area (Å²) in [7, 11) is 0. The topological polar surface area (TPSA) is 82.4 Å². The molecule has 130 valence electrons. The largest absolute Gasteiger partial charge is 0.345 e. The molecule has 0 atom stereocenters. The maximum atomic E-state index is 12.6. The van der Waals surface area contributed by atoms with Crippen LogP contribution >= 0.6 is 11.6 Å². The van der Waals surface area contributed by atoms with E-state index in [0.29, 0.717) is 21.9 Å². The van der Waals surface area contributed by atoms with Crippen LogP contribution in [0.3, 0.4) is 0 Å². The predicted molar refractivity (Wildman–Crippen MR) is 105 cm³/mol. The van der Waals surface area contributed by atoms with Crippen LogP contribution < -0.4 is 5.43 Å². The number of rotatable bonds is 2. The summed E-state index contributed by atoms with van der Waals surface area (Å²) in [5.74, 6) is 0. The van der Waals surface area contributed by atoms with Crippen LogP contribution in [0.2, 0.25) is 5.15 Å². The maximum Gasteiger partial charge on any atom is 0.208 e. The van der Waals surface area contributed by atoms with Gasteiger partial charge in [-0.2, -0.15) is 5.26 Å². The molecule has 6 heteroatoms. The minimum Gasteiger partial charge on any atom is -0.345 e. The fraction of sp³-hybridized carbons (Fsp3) is 0.0476. The number of hydrogen-bond acceptors (Lipinski definition) is 4. The van der Waals surface area contributed by atoms with E-state index in [2.05, 4.69) is 15.0 Å². The molecule has 1 N–H and O–H groups in total. The molecule has 3 aromatic heterocycles. The molecule has 0 unspecified atom stereocenters. The van der Waals surface area contributed by atoms with Gasteiger partial charge in [-0.05, 0) is 30.7 Å². The highest BCUT2D eigenvalue weighted by Crippen LogP contribution is 2.33. The van der Waals surface area contributed by atoms with E-state index in [1.807, 2.05) is 49.4 Å². The Morgan fingerprint density at radius 2 is 1.85 bits per heavy atom.